The molecule has 2 aliphatic rings. The first-order valence-corrected chi connectivity index (χ1v) is 13.4. The highest BCUT2D eigenvalue weighted by Crippen LogP contribution is 2.25. The monoisotopic (exact) mass is 515 g/mol. The highest BCUT2D eigenvalue weighted by molar-refractivity contribution is 5.79. The van der Waals surface area contributed by atoms with Crippen molar-refractivity contribution in [2.24, 2.45) is 0 Å². The third kappa shape index (κ3) is 9.05. The van der Waals surface area contributed by atoms with Gasteiger partial charge in [0, 0.05) is 31.9 Å². The molecule has 37 heavy (non-hydrogen) atoms. The molecule has 3 heterocycles. The van der Waals surface area contributed by atoms with Crippen LogP contribution in [0.4, 0.5) is 10.2 Å². The number of rotatable bonds is 14. The van der Waals surface area contributed by atoms with E-state index in [0.717, 1.165) is 56.6 Å². The molecule has 0 aliphatic carbocycles. The third-order valence-corrected chi connectivity index (χ3v) is 6.74. The van der Waals surface area contributed by atoms with Gasteiger partial charge in [0.25, 0.3) is 0 Å². The molecule has 0 saturated carbocycles. The van der Waals surface area contributed by atoms with Gasteiger partial charge in [-0.05, 0) is 88.1 Å². The number of likely N-dealkylation sites (tertiary alicyclic amines) is 1. The van der Waals surface area contributed by atoms with Crippen molar-refractivity contribution in [2.45, 2.75) is 77.5 Å². The van der Waals surface area contributed by atoms with Gasteiger partial charge in [-0.3, -0.25) is 9.69 Å². The van der Waals surface area contributed by atoms with Crippen molar-refractivity contribution in [1.82, 2.24) is 9.88 Å². The zero-order chi connectivity index (χ0) is 26.8. The van der Waals surface area contributed by atoms with Crippen molar-refractivity contribution in [3.63, 3.8) is 0 Å². The molecule has 2 aliphatic heterocycles. The molecule has 0 unspecified atom stereocenters. The van der Waals surface area contributed by atoms with E-state index in [-0.39, 0.29) is 24.6 Å². The van der Waals surface area contributed by atoms with Crippen molar-refractivity contribution < 1.29 is 23.8 Å². The van der Waals surface area contributed by atoms with Gasteiger partial charge in [-0.15, -0.1) is 0 Å². The molecule has 1 saturated heterocycles. The molecule has 3 rings (SSSR count). The SMILES string of the molecule is C=C(/C(=C\C=C(/C)F)COC(C)C)[C@H](C(=O)O)N1CC[C@@H](OCCCCc2ccc3c(n2)NCCC3)C1. The molecule has 0 radical (unpaired) electrons. The largest absolute Gasteiger partial charge is 0.480 e. The van der Waals surface area contributed by atoms with Crippen molar-refractivity contribution in [2.75, 3.05) is 38.2 Å². The second kappa shape index (κ2) is 14.4. The van der Waals surface area contributed by atoms with Crippen molar-refractivity contribution >= 4 is 11.8 Å². The van der Waals surface area contributed by atoms with Crippen LogP contribution in [-0.2, 0) is 27.1 Å². The summed E-state index contributed by atoms with van der Waals surface area (Å²) in [4.78, 5) is 18.9. The lowest BCUT2D eigenvalue weighted by Gasteiger charge is -2.27. The molecular weight excluding hydrogens is 473 g/mol. The number of aromatic nitrogens is 1. The van der Waals surface area contributed by atoms with Crippen LogP contribution >= 0.6 is 0 Å². The number of fused-ring (bicyclic) bond motifs is 1. The number of nitrogens with one attached hydrogen (secondary N) is 1. The number of carboxylic acid groups (broad SMARTS) is 1. The van der Waals surface area contributed by atoms with Crippen LogP contribution in [-0.4, -0.2) is 72.1 Å². The summed E-state index contributed by atoms with van der Waals surface area (Å²) in [6, 6.07) is 3.40. The Balaban J connectivity index is 1.47. The van der Waals surface area contributed by atoms with Crippen molar-refractivity contribution in [1.29, 1.82) is 0 Å². The Bertz CT molecular complexity index is 987. The predicted octanol–water partition coefficient (Wildman–Crippen LogP) is 5.09. The number of ether oxygens (including phenoxy) is 2. The average molecular weight is 516 g/mol. The van der Waals surface area contributed by atoms with Crippen LogP contribution in [0.15, 0.2) is 47.8 Å². The van der Waals surface area contributed by atoms with E-state index in [1.807, 2.05) is 18.7 Å². The highest BCUT2D eigenvalue weighted by atomic mass is 19.1. The molecule has 8 heteroatoms. The van der Waals surface area contributed by atoms with Crippen LogP contribution in [0.1, 0.15) is 57.7 Å². The lowest BCUT2D eigenvalue weighted by Crippen LogP contribution is -2.42. The minimum absolute atomic E-state index is 0.0203. The summed E-state index contributed by atoms with van der Waals surface area (Å²) < 4.78 is 25.1. The quantitative estimate of drug-likeness (QED) is 0.264. The number of unbranched alkanes of at least 4 members (excludes halogenated alkanes) is 1. The minimum atomic E-state index is -0.978. The molecule has 1 aromatic rings. The van der Waals surface area contributed by atoms with E-state index in [1.165, 1.54) is 18.6 Å². The molecule has 0 bridgehead atoms. The Morgan fingerprint density at radius 3 is 2.89 bits per heavy atom. The fourth-order valence-corrected chi connectivity index (χ4v) is 4.71. The summed E-state index contributed by atoms with van der Waals surface area (Å²) in [7, 11) is 0. The van der Waals surface area contributed by atoms with Crippen LogP contribution in [0.5, 0.6) is 0 Å². The lowest BCUT2D eigenvalue weighted by atomic mass is 9.98. The van der Waals surface area contributed by atoms with Gasteiger partial charge in [0.05, 0.1) is 24.6 Å². The number of halogens is 1. The summed E-state index contributed by atoms with van der Waals surface area (Å²) in [6.45, 7) is 12.1. The molecular formula is C29H42FN3O4. The lowest BCUT2D eigenvalue weighted by molar-refractivity contribution is -0.141. The van der Waals surface area contributed by atoms with E-state index < -0.39 is 12.0 Å². The zero-order valence-electron chi connectivity index (χ0n) is 22.5. The number of hydrogen-bond acceptors (Lipinski definition) is 6. The summed E-state index contributed by atoms with van der Waals surface area (Å²) in [6.07, 6.45) is 8.65. The molecule has 1 aromatic heterocycles. The van der Waals surface area contributed by atoms with Gasteiger partial charge in [0.15, 0.2) is 0 Å². The molecule has 7 nitrogen and oxygen atoms in total. The maximum atomic E-state index is 13.4. The molecule has 2 atom stereocenters. The molecule has 204 valence electrons. The second-order valence-corrected chi connectivity index (χ2v) is 10.1. The minimum Gasteiger partial charge on any atom is -0.480 e. The Morgan fingerprint density at radius 1 is 1.35 bits per heavy atom. The number of aliphatic carboxylic acids is 1. The molecule has 0 spiro atoms. The third-order valence-electron chi connectivity index (χ3n) is 6.74. The maximum absolute atomic E-state index is 13.4. The van der Waals surface area contributed by atoms with Gasteiger partial charge >= 0.3 is 5.97 Å². The normalized spacial score (nSPS) is 19.5. The van der Waals surface area contributed by atoms with Gasteiger partial charge in [-0.1, -0.05) is 18.7 Å². The number of hydrogen-bond donors (Lipinski definition) is 2. The Hall–Kier alpha value is -2.55. The number of nitrogens with zero attached hydrogens (tertiary/aromatic N) is 2. The van der Waals surface area contributed by atoms with Crippen LogP contribution in [0.3, 0.4) is 0 Å². The Labute approximate surface area is 220 Å². The number of carbonyl (C=O) groups is 1. The van der Waals surface area contributed by atoms with Gasteiger partial charge in [0.1, 0.15) is 11.9 Å². The first-order valence-electron chi connectivity index (χ1n) is 13.4. The maximum Gasteiger partial charge on any atom is 0.325 e. The van der Waals surface area contributed by atoms with Gasteiger partial charge in [0.2, 0.25) is 0 Å². The van der Waals surface area contributed by atoms with E-state index in [0.29, 0.717) is 30.8 Å². The van der Waals surface area contributed by atoms with Crippen LogP contribution in [0.2, 0.25) is 0 Å². The van der Waals surface area contributed by atoms with Gasteiger partial charge < -0.3 is 19.9 Å². The Morgan fingerprint density at radius 2 is 2.16 bits per heavy atom. The second-order valence-electron chi connectivity index (χ2n) is 10.1. The number of anilines is 1. The number of allylic oxidation sites excluding steroid dienone is 3. The van der Waals surface area contributed by atoms with E-state index in [4.69, 9.17) is 14.5 Å². The average Bonchev–Trinajstić information content (AvgIpc) is 3.31. The van der Waals surface area contributed by atoms with Crippen molar-refractivity contribution in [3.05, 3.63) is 59.1 Å². The smallest absolute Gasteiger partial charge is 0.325 e. The first-order chi connectivity index (χ1) is 17.7. The summed E-state index contributed by atoms with van der Waals surface area (Å²) in [5.74, 6) is -0.310. The van der Waals surface area contributed by atoms with E-state index in [2.05, 4.69) is 24.0 Å². The zero-order valence-corrected chi connectivity index (χ0v) is 22.5. The fraction of sp³-hybridized carbons (Fsp3) is 0.586. The van der Waals surface area contributed by atoms with Crippen LogP contribution < -0.4 is 5.32 Å². The van der Waals surface area contributed by atoms with Crippen molar-refractivity contribution in [3.8, 4) is 0 Å². The van der Waals surface area contributed by atoms with E-state index >= 15 is 0 Å². The molecule has 2 N–H and O–H groups in total. The molecule has 0 amide bonds. The number of pyridine rings is 1. The summed E-state index contributed by atoms with van der Waals surface area (Å²) in [5, 5.41) is 13.4. The van der Waals surface area contributed by atoms with Crippen LogP contribution in [0.25, 0.3) is 0 Å². The molecule has 0 aromatic carbocycles. The predicted molar refractivity (Wildman–Crippen MR) is 145 cm³/mol. The number of aryl methyl sites for hydroxylation is 2. The van der Waals surface area contributed by atoms with Gasteiger partial charge in [-0.2, -0.15) is 0 Å². The number of carboxylic acids is 1. The Kier molecular flexibility index (Phi) is 11.3. The van der Waals surface area contributed by atoms with E-state index in [9.17, 15) is 14.3 Å². The van der Waals surface area contributed by atoms with E-state index in [1.54, 1.807) is 6.08 Å². The highest BCUT2D eigenvalue weighted by Gasteiger charge is 2.35. The summed E-state index contributed by atoms with van der Waals surface area (Å²) >= 11 is 0. The van der Waals surface area contributed by atoms with Crippen LogP contribution in [0, 0.1) is 0 Å². The summed E-state index contributed by atoms with van der Waals surface area (Å²) in [5.41, 5.74) is 3.40. The van der Waals surface area contributed by atoms with Gasteiger partial charge in [-0.25, -0.2) is 9.37 Å². The standard InChI is InChI=1S/C29H42FN3O4/c1-20(2)37-19-24(11-10-21(3)30)22(4)27(29(34)35)33-16-14-26(18-33)36-17-6-5-9-25-13-12-23-8-7-15-31-28(23)32-25/h10-13,20,26-27H,4-9,14-19H2,1-3H3,(H,31,32)(H,34,35)/b21-10+,24-11-/t26-,27-/m1/s1. The first kappa shape index (κ1) is 29.0. The molecule has 1 fully saturated rings. The topological polar surface area (TPSA) is 83.9 Å². The fourth-order valence-electron chi connectivity index (χ4n) is 4.71.